The minimum Gasteiger partial charge on any atom is -0.493 e. The number of nitrogen functional groups attached to an aromatic ring is 1. The van der Waals surface area contributed by atoms with Gasteiger partial charge in [0.05, 0.1) is 23.5 Å². The van der Waals surface area contributed by atoms with Gasteiger partial charge in [-0.2, -0.15) is 0 Å². The van der Waals surface area contributed by atoms with E-state index in [0.29, 0.717) is 17.1 Å². The molecule has 0 unspecified atom stereocenters. The highest BCUT2D eigenvalue weighted by atomic mass is 35.5. The Morgan fingerprint density at radius 2 is 2.13 bits per heavy atom. The second kappa shape index (κ2) is 4.59. The van der Waals surface area contributed by atoms with Crippen molar-refractivity contribution in [2.75, 3.05) is 18.2 Å². The van der Waals surface area contributed by atoms with Gasteiger partial charge in [-0.15, -0.1) is 0 Å². The third-order valence-electron chi connectivity index (χ3n) is 1.71. The van der Waals surface area contributed by atoms with Crippen molar-refractivity contribution in [1.29, 1.82) is 0 Å². The molecule has 0 spiro atoms. The highest BCUT2D eigenvalue weighted by Gasteiger charge is 2.15. The maximum absolute atomic E-state index is 10.9. The van der Waals surface area contributed by atoms with Crippen molar-refractivity contribution >= 4 is 40.5 Å². The molecule has 15 heavy (non-hydrogen) atoms. The van der Waals surface area contributed by atoms with Gasteiger partial charge in [-0.25, -0.2) is 0 Å². The summed E-state index contributed by atoms with van der Waals surface area (Å²) in [6.45, 7) is 1.36. The van der Waals surface area contributed by atoms with E-state index in [1.165, 1.54) is 20.1 Å². The first-order valence-corrected chi connectivity index (χ1v) is 4.82. The molecule has 1 aromatic carbocycles. The molecule has 1 aromatic rings. The molecule has 0 aromatic heterocycles. The van der Waals surface area contributed by atoms with Crippen molar-refractivity contribution in [3.05, 3.63) is 16.1 Å². The van der Waals surface area contributed by atoms with Crippen molar-refractivity contribution in [2.24, 2.45) is 0 Å². The van der Waals surface area contributed by atoms with Gasteiger partial charge in [-0.05, 0) is 6.07 Å². The van der Waals surface area contributed by atoms with E-state index >= 15 is 0 Å². The summed E-state index contributed by atoms with van der Waals surface area (Å²) in [5.41, 5.74) is 6.25. The van der Waals surface area contributed by atoms with Crippen molar-refractivity contribution in [3.63, 3.8) is 0 Å². The number of amides is 1. The lowest BCUT2D eigenvalue weighted by atomic mass is 10.2. The van der Waals surface area contributed by atoms with Crippen LogP contribution in [0.3, 0.4) is 0 Å². The molecule has 4 nitrogen and oxygen atoms in total. The van der Waals surface area contributed by atoms with E-state index in [1.807, 2.05) is 0 Å². The molecule has 1 rings (SSSR count). The van der Waals surface area contributed by atoms with Crippen LogP contribution in [0.15, 0.2) is 6.07 Å². The molecule has 0 aliphatic carbocycles. The number of anilines is 2. The Balaban J connectivity index is 3.32. The van der Waals surface area contributed by atoms with Crippen LogP contribution in [0.2, 0.25) is 10.0 Å². The average molecular weight is 249 g/mol. The summed E-state index contributed by atoms with van der Waals surface area (Å²) in [6, 6.07) is 1.47. The molecule has 0 heterocycles. The fraction of sp³-hybridized carbons (Fsp3) is 0.222. The topological polar surface area (TPSA) is 64.3 Å². The molecule has 0 saturated carbocycles. The molecule has 0 radical (unpaired) electrons. The molecule has 1 amide bonds. The first-order valence-electron chi connectivity index (χ1n) is 4.06. The third kappa shape index (κ3) is 2.46. The number of nitrogens with two attached hydrogens (primary N) is 1. The summed E-state index contributed by atoms with van der Waals surface area (Å²) in [6.07, 6.45) is 0. The van der Waals surface area contributed by atoms with Crippen LogP contribution in [0.25, 0.3) is 0 Å². The standard InChI is InChI=1S/C9H10Cl2N2O2/c1-4(14)13-8-5(10)3-6(12)9(15-2)7(8)11/h3H,12H2,1-2H3,(H,13,14). The number of carbonyl (C=O) groups excluding carboxylic acids is 1. The Hall–Kier alpha value is -1.13. The molecule has 3 N–H and O–H groups in total. The first kappa shape index (κ1) is 11.9. The van der Waals surface area contributed by atoms with E-state index in [9.17, 15) is 4.79 Å². The van der Waals surface area contributed by atoms with Gasteiger partial charge in [-0.1, -0.05) is 23.2 Å². The number of hydrogen-bond donors (Lipinski definition) is 2. The molecule has 0 aliphatic heterocycles. The van der Waals surface area contributed by atoms with Gasteiger partial charge in [0, 0.05) is 6.92 Å². The highest BCUT2D eigenvalue weighted by Crippen LogP contribution is 2.41. The molecular formula is C9H10Cl2N2O2. The maximum atomic E-state index is 10.9. The van der Waals surface area contributed by atoms with Crippen molar-refractivity contribution in [2.45, 2.75) is 6.92 Å². The fourth-order valence-electron chi connectivity index (χ4n) is 1.12. The zero-order valence-corrected chi connectivity index (χ0v) is 9.74. The van der Waals surface area contributed by atoms with Gasteiger partial charge in [0.15, 0.2) is 5.75 Å². The van der Waals surface area contributed by atoms with E-state index in [-0.39, 0.29) is 16.0 Å². The number of ether oxygens (including phenoxy) is 1. The van der Waals surface area contributed by atoms with Gasteiger partial charge in [-0.3, -0.25) is 4.79 Å². The Morgan fingerprint density at radius 1 is 1.53 bits per heavy atom. The molecule has 0 aliphatic rings. The zero-order chi connectivity index (χ0) is 11.6. The second-order valence-electron chi connectivity index (χ2n) is 2.85. The number of benzene rings is 1. The summed E-state index contributed by atoms with van der Waals surface area (Å²) in [7, 11) is 1.43. The number of hydrogen-bond acceptors (Lipinski definition) is 3. The lowest BCUT2D eigenvalue weighted by Gasteiger charge is -2.13. The largest absolute Gasteiger partial charge is 0.493 e. The Labute approximate surface area is 97.3 Å². The Kier molecular flexibility index (Phi) is 3.66. The summed E-state index contributed by atoms with van der Waals surface area (Å²) in [5.74, 6) is 0.0236. The van der Waals surface area contributed by atoms with Gasteiger partial charge in [0.1, 0.15) is 5.02 Å². The van der Waals surface area contributed by atoms with Gasteiger partial charge >= 0.3 is 0 Å². The van der Waals surface area contributed by atoms with Crippen LogP contribution < -0.4 is 15.8 Å². The molecule has 0 atom stereocenters. The lowest BCUT2D eigenvalue weighted by molar-refractivity contribution is -0.114. The van der Waals surface area contributed by atoms with Crippen molar-refractivity contribution in [1.82, 2.24) is 0 Å². The van der Waals surface area contributed by atoms with Crippen LogP contribution in [0, 0.1) is 0 Å². The van der Waals surface area contributed by atoms with Crippen LogP contribution >= 0.6 is 23.2 Å². The van der Waals surface area contributed by atoms with E-state index in [4.69, 9.17) is 33.7 Å². The number of carbonyl (C=O) groups is 1. The minimum absolute atomic E-state index is 0.192. The minimum atomic E-state index is -0.273. The maximum Gasteiger partial charge on any atom is 0.221 e. The van der Waals surface area contributed by atoms with E-state index in [2.05, 4.69) is 5.32 Å². The van der Waals surface area contributed by atoms with E-state index < -0.39 is 0 Å². The van der Waals surface area contributed by atoms with E-state index in [1.54, 1.807) is 0 Å². The Bertz CT molecular complexity index is 408. The predicted molar refractivity (Wildman–Crippen MR) is 61.7 cm³/mol. The van der Waals surface area contributed by atoms with E-state index in [0.717, 1.165) is 0 Å². The van der Waals surface area contributed by atoms with Crippen molar-refractivity contribution in [3.8, 4) is 5.75 Å². The molecule has 0 saturated heterocycles. The Morgan fingerprint density at radius 3 is 2.60 bits per heavy atom. The van der Waals surface area contributed by atoms with Crippen LogP contribution in [0.1, 0.15) is 6.92 Å². The summed E-state index contributed by atoms with van der Waals surface area (Å²) >= 11 is 11.8. The number of halogens is 2. The van der Waals surface area contributed by atoms with Crippen LogP contribution in [0.5, 0.6) is 5.75 Å². The fourth-order valence-corrected chi connectivity index (χ4v) is 1.76. The number of methoxy groups -OCH3 is 1. The summed E-state index contributed by atoms with van der Waals surface area (Å²) < 4.78 is 4.99. The molecular weight excluding hydrogens is 239 g/mol. The first-order chi connectivity index (χ1) is 6.97. The van der Waals surface area contributed by atoms with Crippen molar-refractivity contribution < 1.29 is 9.53 Å². The normalized spacial score (nSPS) is 9.87. The molecule has 82 valence electrons. The molecule has 0 bridgehead atoms. The molecule has 6 heteroatoms. The van der Waals surface area contributed by atoms with Gasteiger partial charge < -0.3 is 15.8 Å². The summed E-state index contributed by atoms with van der Waals surface area (Å²) in [5, 5.41) is 2.97. The average Bonchev–Trinajstić information content (AvgIpc) is 2.12. The number of rotatable bonds is 2. The smallest absolute Gasteiger partial charge is 0.221 e. The monoisotopic (exact) mass is 248 g/mol. The second-order valence-corrected chi connectivity index (χ2v) is 3.64. The van der Waals surface area contributed by atoms with Gasteiger partial charge in [0.25, 0.3) is 0 Å². The predicted octanol–water partition coefficient (Wildman–Crippen LogP) is 2.54. The molecule has 0 fully saturated rings. The lowest BCUT2D eigenvalue weighted by Crippen LogP contribution is -2.08. The third-order valence-corrected chi connectivity index (χ3v) is 2.37. The highest BCUT2D eigenvalue weighted by molar-refractivity contribution is 6.41. The summed E-state index contributed by atoms with van der Waals surface area (Å²) in [4.78, 5) is 10.9. The quantitative estimate of drug-likeness (QED) is 0.791. The zero-order valence-electron chi connectivity index (χ0n) is 8.23. The van der Waals surface area contributed by atoms with Crippen LogP contribution in [-0.4, -0.2) is 13.0 Å². The SMILES string of the molecule is COc1c(N)cc(Cl)c(NC(C)=O)c1Cl. The van der Waals surface area contributed by atoms with Crippen LogP contribution in [-0.2, 0) is 4.79 Å². The number of nitrogens with one attached hydrogen (secondary N) is 1. The van der Waals surface area contributed by atoms with Gasteiger partial charge in [0.2, 0.25) is 5.91 Å². The van der Waals surface area contributed by atoms with Crippen LogP contribution in [0.4, 0.5) is 11.4 Å².